The molecule has 0 heterocycles. The molecule has 0 bridgehead atoms. The van der Waals surface area contributed by atoms with Crippen LogP contribution in [-0.4, -0.2) is 33.5 Å². The molecule has 0 rings (SSSR count). The molecule has 0 aromatic carbocycles. The molecule has 0 amide bonds. The van der Waals surface area contributed by atoms with Crippen molar-refractivity contribution in [3.63, 3.8) is 0 Å². The van der Waals surface area contributed by atoms with E-state index in [1.54, 1.807) is 0 Å². The molecule has 14 heavy (non-hydrogen) atoms. The molecule has 0 aliphatic rings. The van der Waals surface area contributed by atoms with E-state index >= 15 is 0 Å². The largest absolute Gasteiger partial charge is 0.423 e. The Bertz CT molecular complexity index is 189. The molecule has 1 unspecified atom stereocenters. The lowest BCUT2D eigenvalue weighted by Gasteiger charge is -2.40. The number of aliphatic hydroxyl groups is 2. The van der Waals surface area contributed by atoms with Crippen molar-refractivity contribution in [1.82, 2.24) is 0 Å². The predicted molar refractivity (Wildman–Crippen MR) is 37.9 cm³/mol. The van der Waals surface area contributed by atoms with Crippen molar-refractivity contribution in [3.05, 3.63) is 0 Å². The summed E-state index contributed by atoms with van der Waals surface area (Å²) >= 11 is 0. The monoisotopic (exact) mass is 222 g/mol. The topological polar surface area (TPSA) is 40.5 Å². The van der Waals surface area contributed by atoms with Crippen LogP contribution < -0.4 is 0 Å². The summed E-state index contributed by atoms with van der Waals surface area (Å²) < 4.78 is 62.0. The highest BCUT2D eigenvalue weighted by molar-refractivity contribution is 5.03. The Morgan fingerprint density at radius 1 is 0.786 bits per heavy atom. The predicted octanol–water partition coefficient (Wildman–Crippen LogP) is 1.71. The van der Waals surface area contributed by atoms with Crippen molar-refractivity contribution >= 4 is 0 Å². The molecule has 1 atom stereocenters. The minimum Gasteiger partial charge on any atom is -0.384 e. The Morgan fingerprint density at radius 2 is 1.07 bits per heavy atom. The molecule has 0 aliphatic heterocycles. The first-order valence-corrected chi connectivity index (χ1v) is 3.64. The summed E-state index contributed by atoms with van der Waals surface area (Å²) in [5, 5.41) is 17.5. The molecule has 7 heteroatoms. The fourth-order valence-electron chi connectivity index (χ4n) is 0.774. The zero-order valence-electron chi connectivity index (χ0n) is 7.78. The minimum atomic E-state index is -5.52. The van der Waals surface area contributed by atoms with Gasteiger partial charge in [0.05, 0.1) is 0 Å². The average Bonchev–Trinajstić information content (AvgIpc) is 1.81. The summed E-state index contributed by atoms with van der Waals surface area (Å²) in [7, 11) is 0. The molecule has 0 saturated heterocycles. The van der Waals surface area contributed by atoms with Crippen molar-refractivity contribution in [1.29, 1.82) is 0 Å². The van der Waals surface area contributed by atoms with E-state index in [9.17, 15) is 22.0 Å². The van der Waals surface area contributed by atoms with Crippen LogP contribution in [0.2, 0.25) is 0 Å². The van der Waals surface area contributed by atoms with Gasteiger partial charge < -0.3 is 10.2 Å². The molecule has 0 radical (unpaired) electrons. The lowest BCUT2D eigenvalue weighted by Crippen LogP contribution is -2.65. The van der Waals surface area contributed by atoms with E-state index in [0.717, 1.165) is 0 Å². The third-order valence-electron chi connectivity index (χ3n) is 1.93. The number of alkyl halides is 5. The minimum absolute atomic E-state index is 0.0784. The van der Waals surface area contributed by atoms with Gasteiger partial charge in [0, 0.05) is 0 Å². The van der Waals surface area contributed by atoms with E-state index in [4.69, 9.17) is 10.2 Å². The van der Waals surface area contributed by atoms with Gasteiger partial charge in [-0.2, -0.15) is 22.0 Å². The zero-order valence-corrected chi connectivity index (χ0v) is 7.78. The van der Waals surface area contributed by atoms with Crippen molar-refractivity contribution in [2.24, 2.45) is 0 Å². The summed E-state index contributed by atoms with van der Waals surface area (Å²) in [6, 6.07) is 0. The quantitative estimate of drug-likeness (QED) is 0.698. The van der Waals surface area contributed by atoms with E-state index in [-0.39, 0.29) is 6.92 Å². The van der Waals surface area contributed by atoms with Crippen LogP contribution in [0.4, 0.5) is 22.0 Å². The molecule has 2 N–H and O–H groups in total. The van der Waals surface area contributed by atoms with Gasteiger partial charge in [0.1, 0.15) is 5.60 Å². The first-order chi connectivity index (χ1) is 5.75. The van der Waals surface area contributed by atoms with Crippen molar-refractivity contribution in [2.75, 3.05) is 0 Å². The van der Waals surface area contributed by atoms with Crippen LogP contribution in [0.5, 0.6) is 0 Å². The maximum absolute atomic E-state index is 13.0. The van der Waals surface area contributed by atoms with Gasteiger partial charge in [0.15, 0.2) is 0 Å². The first kappa shape index (κ1) is 13.6. The number of hydrogen-bond acceptors (Lipinski definition) is 2. The average molecular weight is 222 g/mol. The van der Waals surface area contributed by atoms with Crippen LogP contribution in [0.3, 0.4) is 0 Å². The lowest BCUT2D eigenvalue weighted by atomic mass is 9.85. The van der Waals surface area contributed by atoms with E-state index in [1.807, 2.05) is 0 Å². The number of rotatable bonds is 2. The highest BCUT2D eigenvalue weighted by Gasteiger charge is 2.70. The Hall–Kier alpha value is -0.430. The van der Waals surface area contributed by atoms with Gasteiger partial charge in [-0.05, 0) is 20.8 Å². The Labute approximate surface area is 77.3 Å². The fraction of sp³-hybridized carbons (Fsp3) is 1.00. The highest BCUT2D eigenvalue weighted by atomic mass is 19.4. The van der Waals surface area contributed by atoms with Gasteiger partial charge >= 0.3 is 12.1 Å². The van der Waals surface area contributed by atoms with Crippen molar-refractivity contribution in [2.45, 2.75) is 44.1 Å². The summed E-state index contributed by atoms with van der Waals surface area (Å²) in [5.41, 5.74) is -7.23. The van der Waals surface area contributed by atoms with Crippen LogP contribution in [0.25, 0.3) is 0 Å². The van der Waals surface area contributed by atoms with Gasteiger partial charge in [-0.3, -0.25) is 0 Å². The molecule has 0 aliphatic carbocycles. The second-order valence-corrected chi connectivity index (χ2v) is 3.70. The van der Waals surface area contributed by atoms with E-state index < -0.39 is 23.3 Å². The Morgan fingerprint density at radius 3 is 1.14 bits per heavy atom. The molecular formula is C7H11F5O2. The van der Waals surface area contributed by atoms with Gasteiger partial charge in [-0.1, -0.05) is 0 Å². The molecule has 0 aromatic rings. The van der Waals surface area contributed by atoms with Gasteiger partial charge in [0.25, 0.3) is 0 Å². The van der Waals surface area contributed by atoms with E-state index in [0.29, 0.717) is 13.8 Å². The van der Waals surface area contributed by atoms with Gasteiger partial charge in [0.2, 0.25) is 5.60 Å². The first-order valence-electron chi connectivity index (χ1n) is 3.64. The highest BCUT2D eigenvalue weighted by Crippen LogP contribution is 2.46. The molecule has 86 valence electrons. The SMILES string of the molecule is CC(C)(O)C(F)(F)C(C)(O)C(F)(F)F. The lowest BCUT2D eigenvalue weighted by molar-refractivity contribution is -0.356. The molecular weight excluding hydrogens is 211 g/mol. The molecule has 0 fully saturated rings. The summed E-state index contributed by atoms with van der Waals surface area (Å²) in [6.07, 6.45) is -5.52. The fourth-order valence-corrected chi connectivity index (χ4v) is 0.774. The van der Waals surface area contributed by atoms with Crippen LogP contribution in [-0.2, 0) is 0 Å². The standard InChI is InChI=1S/C7H11F5O2/c1-4(2,13)6(8,9)5(3,14)7(10,11)12/h13-14H,1-3H3. The van der Waals surface area contributed by atoms with Crippen LogP contribution in [0, 0.1) is 0 Å². The van der Waals surface area contributed by atoms with E-state index in [1.165, 1.54) is 0 Å². The van der Waals surface area contributed by atoms with Crippen LogP contribution >= 0.6 is 0 Å². The van der Waals surface area contributed by atoms with Gasteiger partial charge in [-0.15, -0.1) is 0 Å². The maximum atomic E-state index is 13.0. The summed E-state index contributed by atoms with van der Waals surface area (Å²) in [5.74, 6) is -4.70. The Kier molecular flexibility index (Phi) is 2.94. The van der Waals surface area contributed by atoms with E-state index in [2.05, 4.69) is 0 Å². The normalized spacial score (nSPS) is 19.3. The second-order valence-electron chi connectivity index (χ2n) is 3.70. The van der Waals surface area contributed by atoms with Crippen molar-refractivity contribution in [3.8, 4) is 0 Å². The smallest absolute Gasteiger partial charge is 0.384 e. The Balaban J connectivity index is 5.30. The van der Waals surface area contributed by atoms with Gasteiger partial charge in [-0.25, -0.2) is 0 Å². The molecule has 0 saturated carbocycles. The van der Waals surface area contributed by atoms with Crippen LogP contribution in [0.15, 0.2) is 0 Å². The third kappa shape index (κ3) is 1.83. The zero-order chi connectivity index (χ0) is 12.0. The molecule has 0 spiro atoms. The van der Waals surface area contributed by atoms with Crippen LogP contribution in [0.1, 0.15) is 20.8 Å². The third-order valence-corrected chi connectivity index (χ3v) is 1.93. The summed E-state index contributed by atoms with van der Waals surface area (Å²) in [6.45, 7) is 0.908. The summed E-state index contributed by atoms with van der Waals surface area (Å²) in [4.78, 5) is 0. The number of halogens is 5. The van der Waals surface area contributed by atoms with Crippen molar-refractivity contribution < 1.29 is 32.2 Å². The molecule has 2 nitrogen and oxygen atoms in total. The molecule has 0 aromatic heterocycles. The number of hydrogen-bond donors (Lipinski definition) is 2. The maximum Gasteiger partial charge on any atom is 0.423 e. The second kappa shape index (κ2) is 3.03.